The highest BCUT2D eigenvalue weighted by Crippen LogP contribution is 2.25. The standard InChI is InChI=1S/C24H22ClN3O4S/c1-16-11-19(12-17(2)24(16)32-14-18-3-5-20(25)6-4-18)13-26-27-23(29)15-33-22-9-7-21(8-10-22)28(30)31/h3-13H,14-15H2,1-2H3,(H,27,29)/b26-13-. The summed E-state index contributed by atoms with van der Waals surface area (Å²) in [6.07, 6.45) is 1.58. The average molecular weight is 484 g/mol. The molecule has 0 bridgehead atoms. The highest BCUT2D eigenvalue weighted by molar-refractivity contribution is 8.00. The summed E-state index contributed by atoms with van der Waals surface area (Å²) in [6.45, 7) is 4.36. The van der Waals surface area contributed by atoms with Crippen molar-refractivity contribution in [1.29, 1.82) is 0 Å². The molecule has 1 amide bonds. The van der Waals surface area contributed by atoms with E-state index in [0.717, 1.165) is 32.9 Å². The van der Waals surface area contributed by atoms with E-state index in [2.05, 4.69) is 10.5 Å². The van der Waals surface area contributed by atoms with Crippen molar-refractivity contribution in [2.45, 2.75) is 25.3 Å². The number of hydrogen-bond donors (Lipinski definition) is 1. The molecule has 0 aliphatic rings. The second-order valence-corrected chi connectivity index (χ2v) is 8.72. The first-order valence-electron chi connectivity index (χ1n) is 9.99. The number of nitrogens with one attached hydrogen (secondary N) is 1. The number of thioether (sulfide) groups is 1. The highest BCUT2D eigenvalue weighted by atomic mass is 35.5. The van der Waals surface area contributed by atoms with Crippen LogP contribution < -0.4 is 10.2 Å². The van der Waals surface area contributed by atoms with Crippen molar-refractivity contribution >= 4 is 41.2 Å². The molecule has 0 radical (unpaired) electrons. The van der Waals surface area contributed by atoms with Gasteiger partial charge in [0, 0.05) is 22.1 Å². The van der Waals surface area contributed by atoms with Crippen LogP contribution in [-0.4, -0.2) is 22.8 Å². The Bertz CT molecular complexity index is 1140. The van der Waals surface area contributed by atoms with Crippen LogP contribution >= 0.6 is 23.4 Å². The number of nitro groups is 1. The average Bonchev–Trinajstić information content (AvgIpc) is 2.78. The molecule has 0 spiro atoms. The van der Waals surface area contributed by atoms with E-state index in [9.17, 15) is 14.9 Å². The fourth-order valence-corrected chi connectivity index (χ4v) is 3.86. The monoisotopic (exact) mass is 483 g/mol. The minimum absolute atomic E-state index is 0.0142. The van der Waals surface area contributed by atoms with Gasteiger partial charge < -0.3 is 4.74 Å². The Morgan fingerprint density at radius 2 is 1.76 bits per heavy atom. The third-order valence-corrected chi connectivity index (χ3v) is 5.86. The van der Waals surface area contributed by atoms with Crippen LogP contribution in [0.5, 0.6) is 5.75 Å². The van der Waals surface area contributed by atoms with E-state index in [-0.39, 0.29) is 17.3 Å². The zero-order chi connectivity index (χ0) is 23.8. The number of benzene rings is 3. The molecule has 0 saturated heterocycles. The van der Waals surface area contributed by atoms with Crippen molar-refractivity contribution in [3.63, 3.8) is 0 Å². The van der Waals surface area contributed by atoms with Gasteiger partial charge in [-0.1, -0.05) is 23.7 Å². The van der Waals surface area contributed by atoms with Gasteiger partial charge in [-0.3, -0.25) is 14.9 Å². The Kier molecular flexibility index (Phi) is 8.46. The predicted octanol–water partition coefficient (Wildman–Crippen LogP) is 5.69. The van der Waals surface area contributed by atoms with Gasteiger partial charge in [0.1, 0.15) is 12.4 Å². The van der Waals surface area contributed by atoms with Crippen LogP contribution in [0.1, 0.15) is 22.3 Å². The summed E-state index contributed by atoms with van der Waals surface area (Å²) in [5.41, 5.74) is 6.30. The number of ether oxygens (including phenoxy) is 1. The Morgan fingerprint density at radius 1 is 1.12 bits per heavy atom. The summed E-state index contributed by atoms with van der Waals surface area (Å²) in [5, 5.41) is 15.4. The molecule has 0 unspecified atom stereocenters. The van der Waals surface area contributed by atoms with Crippen molar-refractivity contribution in [2.24, 2.45) is 5.10 Å². The Balaban J connectivity index is 1.51. The van der Waals surface area contributed by atoms with Crippen molar-refractivity contribution in [2.75, 3.05) is 5.75 Å². The molecule has 0 heterocycles. The summed E-state index contributed by atoms with van der Waals surface area (Å²) >= 11 is 7.19. The van der Waals surface area contributed by atoms with E-state index in [1.807, 2.05) is 50.2 Å². The number of hydrazone groups is 1. The fourth-order valence-electron chi connectivity index (χ4n) is 3.05. The lowest BCUT2D eigenvalue weighted by molar-refractivity contribution is -0.384. The zero-order valence-corrected chi connectivity index (χ0v) is 19.7. The molecular weight excluding hydrogens is 462 g/mol. The number of nitrogens with zero attached hydrogens (tertiary/aromatic N) is 2. The molecule has 3 aromatic carbocycles. The maximum atomic E-state index is 12.0. The van der Waals surface area contributed by atoms with Gasteiger partial charge in [0.2, 0.25) is 5.91 Å². The summed E-state index contributed by atoms with van der Waals surface area (Å²) in [6, 6.07) is 17.4. The molecule has 0 atom stereocenters. The highest BCUT2D eigenvalue weighted by Gasteiger charge is 2.08. The van der Waals surface area contributed by atoms with Crippen LogP contribution in [0.15, 0.2) is 70.7 Å². The van der Waals surface area contributed by atoms with Crippen molar-refractivity contribution < 1.29 is 14.5 Å². The number of hydrogen-bond acceptors (Lipinski definition) is 6. The molecule has 9 heteroatoms. The van der Waals surface area contributed by atoms with Gasteiger partial charge in [0.15, 0.2) is 0 Å². The van der Waals surface area contributed by atoms with E-state index >= 15 is 0 Å². The maximum absolute atomic E-state index is 12.0. The number of aryl methyl sites for hydroxylation is 2. The van der Waals surface area contributed by atoms with Gasteiger partial charge in [-0.25, -0.2) is 5.43 Å². The van der Waals surface area contributed by atoms with E-state index in [4.69, 9.17) is 16.3 Å². The van der Waals surface area contributed by atoms with E-state index in [1.54, 1.807) is 18.3 Å². The molecular formula is C24H22ClN3O4S. The summed E-state index contributed by atoms with van der Waals surface area (Å²) < 4.78 is 5.99. The van der Waals surface area contributed by atoms with Crippen LogP contribution in [-0.2, 0) is 11.4 Å². The first-order valence-corrected chi connectivity index (χ1v) is 11.4. The van der Waals surface area contributed by atoms with E-state index in [1.165, 1.54) is 23.9 Å². The SMILES string of the molecule is Cc1cc(/C=N\NC(=O)CSc2ccc([N+](=O)[O-])cc2)cc(C)c1OCc1ccc(Cl)cc1. The fraction of sp³-hybridized carbons (Fsp3) is 0.167. The van der Waals surface area contributed by atoms with Gasteiger partial charge in [-0.15, -0.1) is 11.8 Å². The Morgan fingerprint density at radius 3 is 2.36 bits per heavy atom. The quantitative estimate of drug-likeness (QED) is 0.183. The van der Waals surface area contributed by atoms with Crippen molar-refractivity contribution in [3.8, 4) is 5.75 Å². The lowest BCUT2D eigenvalue weighted by Crippen LogP contribution is -2.19. The lowest BCUT2D eigenvalue weighted by atomic mass is 10.1. The minimum Gasteiger partial charge on any atom is -0.488 e. The maximum Gasteiger partial charge on any atom is 0.269 e. The van der Waals surface area contributed by atoms with Gasteiger partial charge in [-0.2, -0.15) is 5.10 Å². The Hall–Kier alpha value is -3.36. The van der Waals surface area contributed by atoms with Gasteiger partial charge >= 0.3 is 0 Å². The summed E-state index contributed by atoms with van der Waals surface area (Å²) in [5.74, 6) is 0.682. The van der Waals surface area contributed by atoms with Crippen LogP contribution in [0.4, 0.5) is 5.69 Å². The first-order chi connectivity index (χ1) is 15.8. The Labute approximate surface area is 201 Å². The number of nitro benzene ring substituents is 1. The number of rotatable bonds is 9. The van der Waals surface area contributed by atoms with Crippen LogP contribution in [0.25, 0.3) is 0 Å². The smallest absolute Gasteiger partial charge is 0.269 e. The molecule has 170 valence electrons. The number of carbonyl (C=O) groups is 1. The third kappa shape index (κ3) is 7.34. The second kappa shape index (κ2) is 11.5. The molecule has 0 aliphatic heterocycles. The first kappa shape index (κ1) is 24.3. The van der Waals surface area contributed by atoms with Crippen LogP contribution in [0.2, 0.25) is 5.02 Å². The normalized spacial score (nSPS) is 10.9. The summed E-state index contributed by atoms with van der Waals surface area (Å²) in [7, 11) is 0. The van der Waals surface area contributed by atoms with Gasteiger partial charge in [0.05, 0.1) is 16.9 Å². The minimum atomic E-state index is -0.461. The summed E-state index contributed by atoms with van der Waals surface area (Å²) in [4.78, 5) is 23.0. The molecule has 33 heavy (non-hydrogen) atoms. The second-order valence-electron chi connectivity index (χ2n) is 7.23. The number of amides is 1. The molecule has 3 rings (SSSR count). The molecule has 1 N–H and O–H groups in total. The van der Waals surface area contributed by atoms with Crippen LogP contribution in [0, 0.1) is 24.0 Å². The topological polar surface area (TPSA) is 93.8 Å². The number of carbonyl (C=O) groups excluding carboxylic acids is 1. The van der Waals surface area contributed by atoms with Crippen molar-refractivity contribution in [1.82, 2.24) is 5.43 Å². The molecule has 0 fully saturated rings. The molecule has 3 aromatic rings. The lowest BCUT2D eigenvalue weighted by Gasteiger charge is -2.13. The van der Waals surface area contributed by atoms with E-state index < -0.39 is 4.92 Å². The van der Waals surface area contributed by atoms with E-state index in [0.29, 0.717) is 11.6 Å². The molecule has 0 saturated carbocycles. The predicted molar refractivity (Wildman–Crippen MR) is 131 cm³/mol. The van der Waals surface area contributed by atoms with Crippen LogP contribution in [0.3, 0.4) is 0 Å². The zero-order valence-electron chi connectivity index (χ0n) is 18.1. The number of halogens is 1. The van der Waals surface area contributed by atoms with Crippen molar-refractivity contribution in [3.05, 3.63) is 98.1 Å². The largest absolute Gasteiger partial charge is 0.488 e. The van der Waals surface area contributed by atoms with Gasteiger partial charge in [0.25, 0.3) is 5.69 Å². The third-order valence-electron chi connectivity index (χ3n) is 4.60. The molecule has 7 nitrogen and oxygen atoms in total. The molecule has 0 aliphatic carbocycles. The number of non-ortho nitro benzene ring substituents is 1. The van der Waals surface area contributed by atoms with Gasteiger partial charge in [-0.05, 0) is 72.5 Å². The molecule has 0 aromatic heterocycles.